The van der Waals surface area contributed by atoms with Gasteiger partial charge < -0.3 is 5.11 Å². The van der Waals surface area contributed by atoms with E-state index in [1.807, 2.05) is 0 Å². The summed E-state index contributed by atoms with van der Waals surface area (Å²) < 4.78 is 36.2. The molecule has 86 valence electrons. The Morgan fingerprint density at radius 3 is 2.20 bits per heavy atom. The van der Waals surface area contributed by atoms with E-state index in [2.05, 4.69) is 0 Å². The highest BCUT2D eigenvalue weighted by Crippen LogP contribution is 2.60. The van der Waals surface area contributed by atoms with E-state index < -0.39 is 34.4 Å². The van der Waals surface area contributed by atoms with Gasteiger partial charge in [0.2, 0.25) is 0 Å². The van der Waals surface area contributed by atoms with Gasteiger partial charge in [-0.3, -0.25) is 4.79 Å². The van der Waals surface area contributed by atoms with Gasteiger partial charge in [0.05, 0.1) is 5.92 Å². The highest BCUT2D eigenvalue weighted by molar-refractivity contribution is 6.30. The molecule has 0 aromatic rings. The molecule has 0 bridgehead atoms. The Hall–Kier alpha value is -0.710. The van der Waals surface area contributed by atoms with Crippen molar-refractivity contribution in [2.24, 2.45) is 17.3 Å². The first-order valence-corrected chi connectivity index (χ1v) is 4.63. The number of alkyl halides is 3. The van der Waals surface area contributed by atoms with Crippen LogP contribution in [0, 0.1) is 17.3 Å². The maximum atomic E-state index is 12.1. The number of allylic oxidation sites excluding steroid dienone is 2. The topological polar surface area (TPSA) is 37.3 Å². The predicted octanol–water partition coefficient (Wildman–Crippen LogP) is 3.03. The zero-order chi connectivity index (χ0) is 12.0. The molecular formula is C9H10ClF3O2. The number of halogens is 4. The summed E-state index contributed by atoms with van der Waals surface area (Å²) in [5.41, 5.74) is -0.656. The van der Waals surface area contributed by atoms with E-state index in [-0.39, 0.29) is 0 Å². The van der Waals surface area contributed by atoms with E-state index >= 15 is 0 Å². The van der Waals surface area contributed by atoms with E-state index in [9.17, 15) is 18.0 Å². The first-order valence-electron chi connectivity index (χ1n) is 4.26. The number of hydrogen-bond donors (Lipinski definition) is 1. The number of carboxylic acid groups (broad SMARTS) is 1. The molecule has 1 aliphatic carbocycles. The zero-order valence-electron chi connectivity index (χ0n) is 8.10. The molecule has 0 spiro atoms. The van der Waals surface area contributed by atoms with Crippen LogP contribution in [0.5, 0.6) is 0 Å². The van der Waals surface area contributed by atoms with Crippen molar-refractivity contribution in [1.29, 1.82) is 0 Å². The number of aliphatic carboxylic acids is 1. The molecule has 1 rings (SSSR count). The van der Waals surface area contributed by atoms with Crippen LogP contribution in [-0.2, 0) is 4.79 Å². The van der Waals surface area contributed by atoms with Crippen molar-refractivity contribution >= 4 is 17.6 Å². The summed E-state index contributed by atoms with van der Waals surface area (Å²) in [5.74, 6) is -2.52. The number of carbonyl (C=O) groups is 1. The zero-order valence-corrected chi connectivity index (χ0v) is 8.86. The Balaban J connectivity index is 2.83. The number of hydrogen-bond acceptors (Lipinski definition) is 1. The Kier molecular flexibility index (Phi) is 2.80. The van der Waals surface area contributed by atoms with Gasteiger partial charge in [-0.2, -0.15) is 13.2 Å². The summed E-state index contributed by atoms with van der Waals surface area (Å²) >= 11 is 5.03. The average Bonchev–Trinajstić information content (AvgIpc) is 2.50. The fourth-order valence-electron chi connectivity index (χ4n) is 1.71. The molecular weight excluding hydrogens is 233 g/mol. The van der Waals surface area contributed by atoms with Crippen molar-refractivity contribution < 1.29 is 23.1 Å². The molecule has 0 amide bonds. The molecule has 0 saturated heterocycles. The van der Waals surface area contributed by atoms with Crippen LogP contribution < -0.4 is 0 Å². The van der Waals surface area contributed by atoms with Crippen LogP contribution >= 0.6 is 11.6 Å². The lowest BCUT2D eigenvalue weighted by molar-refractivity contribution is -0.139. The SMILES string of the molecule is CC1(C)[C@H](C(=O)O)[C@@H]1C=C(Cl)C(F)(F)F. The largest absolute Gasteiger partial charge is 0.481 e. The summed E-state index contributed by atoms with van der Waals surface area (Å²) in [6.45, 7) is 3.21. The van der Waals surface area contributed by atoms with Gasteiger partial charge in [-0.1, -0.05) is 31.5 Å². The highest BCUT2D eigenvalue weighted by Gasteiger charge is 2.61. The van der Waals surface area contributed by atoms with Crippen LogP contribution in [0.15, 0.2) is 11.1 Å². The number of rotatable bonds is 2. The van der Waals surface area contributed by atoms with E-state index in [0.29, 0.717) is 0 Å². The second-order valence-corrected chi connectivity index (χ2v) is 4.58. The van der Waals surface area contributed by atoms with Crippen molar-refractivity contribution in [3.8, 4) is 0 Å². The molecule has 1 fully saturated rings. The first-order chi connectivity index (χ1) is 6.58. The molecule has 0 heterocycles. The maximum Gasteiger partial charge on any atom is 0.426 e. The molecule has 2 nitrogen and oxygen atoms in total. The van der Waals surface area contributed by atoms with E-state index in [1.165, 1.54) is 0 Å². The third-order valence-corrected chi connectivity index (χ3v) is 3.11. The van der Waals surface area contributed by atoms with Gasteiger partial charge in [0.15, 0.2) is 0 Å². The molecule has 1 saturated carbocycles. The second kappa shape index (κ2) is 3.40. The van der Waals surface area contributed by atoms with Crippen molar-refractivity contribution in [1.82, 2.24) is 0 Å². The summed E-state index contributed by atoms with van der Waals surface area (Å²) in [4.78, 5) is 10.7. The fourth-order valence-corrected chi connectivity index (χ4v) is 1.85. The fraction of sp³-hybridized carbons (Fsp3) is 0.667. The predicted molar refractivity (Wildman–Crippen MR) is 48.4 cm³/mol. The number of carboxylic acids is 1. The summed E-state index contributed by atoms with van der Waals surface area (Å²) in [6, 6.07) is 0. The quantitative estimate of drug-likeness (QED) is 0.808. The van der Waals surface area contributed by atoms with E-state index in [1.54, 1.807) is 13.8 Å². The normalized spacial score (nSPS) is 30.1. The summed E-state index contributed by atoms with van der Waals surface area (Å²) in [7, 11) is 0. The van der Waals surface area contributed by atoms with Crippen LogP contribution in [0.25, 0.3) is 0 Å². The van der Waals surface area contributed by atoms with Crippen LogP contribution in [0.1, 0.15) is 13.8 Å². The van der Waals surface area contributed by atoms with Gasteiger partial charge in [0.1, 0.15) is 5.03 Å². The Morgan fingerprint density at radius 1 is 1.47 bits per heavy atom. The van der Waals surface area contributed by atoms with Gasteiger partial charge in [0.25, 0.3) is 0 Å². The van der Waals surface area contributed by atoms with Crippen LogP contribution in [0.3, 0.4) is 0 Å². The Bertz CT molecular complexity index is 320. The molecule has 0 aromatic heterocycles. The van der Waals surface area contributed by atoms with Gasteiger partial charge in [-0.15, -0.1) is 0 Å². The second-order valence-electron chi connectivity index (χ2n) is 4.18. The van der Waals surface area contributed by atoms with E-state index in [4.69, 9.17) is 16.7 Å². The summed E-state index contributed by atoms with van der Waals surface area (Å²) in [5, 5.41) is 7.48. The third kappa shape index (κ3) is 2.27. The summed E-state index contributed by atoms with van der Waals surface area (Å²) in [6.07, 6.45) is -3.80. The smallest absolute Gasteiger partial charge is 0.426 e. The minimum Gasteiger partial charge on any atom is -0.481 e. The lowest BCUT2D eigenvalue weighted by atomic mass is 10.1. The Labute approximate surface area is 89.7 Å². The maximum absolute atomic E-state index is 12.1. The standard InChI is InChI=1S/C9H10ClF3O2/c1-8(2)4(6(8)7(14)15)3-5(10)9(11,12)13/h3-4,6H,1-2H3,(H,14,15)/t4-,6-/m0/s1. The first kappa shape index (κ1) is 12.4. The van der Waals surface area contributed by atoms with Crippen LogP contribution in [-0.4, -0.2) is 17.3 Å². The molecule has 1 N–H and O–H groups in total. The lowest BCUT2D eigenvalue weighted by Crippen LogP contribution is -2.07. The van der Waals surface area contributed by atoms with Gasteiger partial charge in [-0.05, 0) is 11.3 Å². The van der Waals surface area contributed by atoms with Crippen molar-refractivity contribution in [2.75, 3.05) is 0 Å². The average molecular weight is 243 g/mol. The third-order valence-electron chi connectivity index (χ3n) is 2.77. The monoisotopic (exact) mass is 242 g/mol. The van der Waals surface area contributed by atoms with Gasteiger partial charge in [-0.25, -0.2) is 0 Å². The molecule has 0 aliphatic heterocycles. The van der Waals surface area contributed by atoms with Crippen molar-refractivity contribution in [2.45, 2.75) is 20.0 Å². The van der Waals surface area contributed by atoms with Crippen molar-refractivity contribution in [3.63, 3.8) is 0 Å². The van der Waals surface area contributed by atoms with Gasteiger partial charge in [0, 0.05) is 0 Å². The molecule has 2 atom stereocenters. The molecule has 0 unspecified atom stereocenters. The lowest BCUT2D eigenvalue weighted by Gasteiger charge is -2.04. The Morgan fingerprint density at radius 2 is 1.93 bits per heavy atom. The van der Waals surface area contributed by atoms with Crippen molar-refractivity contribution in [3.05, 3.63) is 11.1 Å². The minimum atomic E-state index is -4.59. The molecule has 1 aliphatic rings. The highest BCUT2D eigenvalue weighted by atomic mass is 35.5. The minimum absolute atomic E-state index is 0.649. The molecule has 15 heavy (non-hydrogen) atoms. The van der Waals surface area contributed by atoms with Gasteiger partial charge >= 0.3 is 12.1 Å². The molecule has 6 heteroatoms. The molecule has 0 aromatic carbocycles. The van der Waals surface area contributed by atoms with E-state index in [0.717, 1.165) is 6.08 Å². The molecule has 0 radical (unpaired) electrons. The van der Waals surface area contributed by atoms with Crippen LogP contribution in [0.2, 0.25) is 0 Å². The van der Waals surface area contributed by atoms with Crippen LogP contribution in [0.4, 0.5) is 13.2 Å².